The predicted molar refractivity (Wildman–Crippen MR) is 88.2 cm³/mol. The number of rotatable bonds is 6. The van der Waals surface area contributed by atoms with Crippen molar-refractivity contribution in [3.05, 3.63) is 16.5 Å². The molecule has 0 saturated heterocycles. The SMILES string of the molecule is CCC1CCCC(NS(=O)(=O)c2cc(C)c(CNC)s2)C1. The quantitative estimate of drug-likeness (QED) is 0.843. The van der Waals surface area contributed by atoms with Gasteiger partial charge in [-0.25, -0.2) is 13.1 Å². The molecule has 1 fully saturated rings. The molecule has 1 saturated carbocycles. The fraction of sp³-hybridized carbons (Fsp3) is 0.733. The van der Waals surface area contributed by atoms with Crippen molar-refractivity contribution in [3.63, 3.8) is 0 Å². The minimum Gasteiger partial charge on any atom is -0.315 e. The molecule has 1 heterocycles. The van der Waals surface area contributed by atoms with Gasteiger partial charge >= 0.3 is 0 Å². The van der Waals surface area contributed by atoms with Gasteiger partial charge in [-0.15, -0.1) is 11.3 Å². The van der Waals surface area contributed by atoms with Crippen LogP contribution in [0.2, 0.25) is 0 Å². The number of hydrogen-bond donors (Lipinski definition) is 2. The van der Waals surface area contributed by atoms with E-state index in [4.69, 9.17) is 0 Å². The second-order valence-corrected chi connectivity index (χ2v) is 9.04. The lowest BCUT2D eigenvalue weighted by molar-refractivity contribution is 0.301. The van der Waals surface area contributed by atoms with E-state index in [1.165, 1.54) is 17.8 Å². The van der Waals surface area contributed by atoms with Crippen LogP contribution in [0.5, 0.6) is 0 Å². The summed E-state index contributed by atoms with van der Waals surface area (Å²) in [7, 11) is -1.50. The summed E-state index contributed by atoms with van der Waals surface area (Å²) in [6.45, 7) is 4.87. The molecule has 2 atom stereocenters. The highest BCUT2D eigenvalue weighted by molar-refractivity contribution is 7.91. The van der Waals surface area contributed by atoms with E-state index in [1.807, 2.05) is 14.0 Å². The maximum absolute atomic E-state index is 12.5. The van der Waals surface area contributed by atoms with Crippen LogP contribution in [-0.2, 0) is 16.6 Å². The number of sulfonamides is 1. The zero-order chi connectivity index (χ0) is 15.5. The molecule has 1 aliphatic carbocycles. The summed E-state index contributed by atoms with van der Waals surface area (Å²) in [6, 6.07) is 1.89. The van der Waals surface area contributed by atoms with Crippen LogP contribution in [0.25, 0.3) is 0 Å². The molecule has 2 N–H and O–H groups in total. The molecule has 0 spiro atoms. The van der Waals surface area contributed by atoms with Gasteiger partial charge in [-0.05, 0) is 44.4 Å². The van der Waals surface area contributed by atoms with Crippen LogP contribution in [0, 0.1) is 12.8 Å². The first-order chi connectivity index (χ1) is 9.96. The Morgan fingerprint density at radius 2 is 2.14 bits per heavy atom. The summed E-state index contributed by atoms with van der Waals surface area (Å²) in [6.07, 6.45) is 5.44. The van der Waals surface area contributed by atoms with Crippen molar-refractivity contribution in [2.24, 2.45) is 5.92 Å². The van der Waals surface area contributed by atoms with Crippen LogP contribution in [0.3, 0.4) is 0 Å². The topological polar surface area (TPSA) is 58.2 Å². The van der Waals surface area contributed by atoms with Crippen LogP contribution < -0.4 is 10.0 Å². The Bertz CT molecular complexity index is 566. The largest absolute Gasteiger partial charge is 0.315 e. The van der Waals surface area contributed by atoms with Crippen molar-refractivity contribution in [1.82, 2.24) is 10.0 Å². The first-order valence-electron chi connectivity index (χ1n) is 7.72. The van der Waals surface area contributed by atoms with Crippen molar-refractivity contribution >= 4 is 21.4 Å². The Labute approximate surface area is 132 Å². The van der Waals surface area contributed by atoms with Crippen molar-refractivity contribution in [1.29, 1.82) is 0 Å². The maximum Gasteiger partial charge on any atom is 0.250 e. The zero-order valence-electron chi connectivity index (χ0n) is 13.1. The molecule has 0 radical (unpaired) electrons. The smallest absolute Gasteiger partial charge is 0.250 e. The van der Waals surface area contributed by atoms with Crippen molar-refractivity contribution in [3.8, 4) is 0 Å². The number of hydrogen-bond acceptors (Lipinski definition) is 4. The Balaban J connectivity index is 2.09. The molecule has 0 bridgehead atoms. The Kier molecular flexibility index (Phi) is 5.82. The Hall–Kier alpha value is -0.430. The third-order valence-electron chi connectivity index (χ3n) is 4.28. The molecule has 1 aromatic heterocycles. The monoisotopic (exact) mass is 330 g/mol. The fourth-order valence-electron chi connectivity index (χ4n) is 3.00. The van der Waals surface area contributed by atoms with Gasteiger partial charge in [0.05, 0.1) is 0 Å². The summed E-state index contributed by atoms with van der Waals surface area (Å²) in [4.78, 5) is 1.09. The highest BCUT2D eigenvalue weighted by Gasteiger charge is 2.27. The molecule has 2 rings (SSSR count). The van der Waals surface area contributed by atoms with E-state index in [2.05, 4.69) is 17.0 Å². The normalized spacial score (nSPS) is 23.4. The second kappa shape index (κ2) is 7.22. The van der Waals surface area contributed by atoms with Gasteiger partial charge in [0.25, 0.3) is 0 Å². The van der Waals surface area contributed by atoms with Crippen molar-refractivity contribution < 1.29 is 8.42 Å². The molecule has 120 valence electrons. The van der Waals surface area contributed by atoms with E-state index in [9.17, 15) is 8.42 Å². The van der Waals surface area contributed by atoms with E-state index in [-0.39, 0.29) is 6.04 Å². The summed E-state index contributed by atoms with van der Waals surface area (Å²) >= 11 is 1.37. The molecule has 1 aromatic rings. The molecule has 1 aliphatic rings. The van der Waals surface area contributed by atoms with Gasteiger partial charge < -0.3 is 5.32 Å². The Morgan fingerprint density at radius 1 is 1.38 bits per heavy atom. The summed E-state index contributed by atoms with van der Waals surface area (Å²) in [5.74, 6) is 0.663. The molecule has 0 aromatic carbocycles. The van der Waals surface area contributed by atoms with Gasteiger partial charge in [0.2, 0.25) is 10.0 Å². The highest BCUT2D eigenvalue weighted by atomic mass is 32.2. The number of thiophene rings is 1. The van der Waals surface area contributed by atoms with E-state index >= 15 is 0 Å². The molecule has 21 heavy (non-hydrogen) atoms. The first-order valence-corrected chi connectivity index (χ1v) is 10.0. The summed E-state index contributed by atoms with van der Waals surface area (Å²) < 4.78 is 28.5. The molecule has 2 unspecified atom stereocenters. The zero-order valence-corrected chi connectivity index (χ0v) is 14.7. The molecule has 0 amide bonds. The van der Waals surface area contributed by atoms with Gasteiger partial charge in [0.1, 0.15) is 4.21 Å². The van der Waals surface area contributed by atoms with Gasteiger partial charge in [-0.1, -0.05) is 26.2 Å². The average molecular weight is 331 g/mol. The van der Waals surface area contributed by atoms with Crippen molar-refractivity contribution in [2.75, 3.05) is 7.05 Å². The van der Waals surface area contributed by atoms with Crippen LogP contribution in [-0.4, -0.2) is 21.5 Å². The second-order valence-electron chi connectivity index (χ2n) is 5.96. The Morgan fingerprint density at radius 3 is 2.81 bits per heavy atom. The van der Waals surface area contributed by atoms with Crippen LogP contribution in [0.15, 0.2) is 10.3 Å². The van der Waals surface area contributed by atoms with Gasteiger partial charge in [-0.2, -0.15) is 0 Å². The lowest BCUT2D eigenvalue weighted by atomic mass is 9.85. The maximum atomic E-state index is 12.5. The van der Waals surface area contributed by atoms with Gasteiger partial charge in [-0.3, -0.25) is 0 Å². The van der Waals surface area contributed by atoms with E-state index in [0.29, 0.717) is 16.7 Å². The molecular formula is C15H26N2O2S2. The summed E-state index contributed by atoms with van der Waals surface area (Å²) in [5.41, 5.74) is 1.05. The molecule has 4 nitrogen and oxygen atoms in total. The standard InChI is InChI=1S/C15H26N2O2S2/c1-4-12-6-5-7-13(9-12)17-21(18,19)15-8-11(2)14(20-15)10-16-3/h8,12-13,16-17H,4-7,9-10H2,1-3H3. The van der Waals surface area contributed by atoms with Crippen molar-refractivity contribution in [2.45, 2.75) is 62.7 Å². The molecule has 0 aliphatic heterocycles. The number of aryl methyl sites for hydroxylation is 1. The average Bonchev–Trinajstić information content (AvgIpc) is 2.81. The van der Waals surface area contributed by atoms with Crippen LogP contribution in [0.1, 0.15) is 49.5 Å². The van der Waals surface area contributed by atoms with Crippen LogP contribution >= 0.6 is 11.3 Å². The third kappa shape index (κ3) is 4.28. The molecule has 6 heteroatoms. The van der Waals surface area contributed by atoms with Gasteiger partial charge in [0.15, 0.2) is 0 Å². The summed E-state index contributed by atoms with van der Waals surface area (Å²) in [5, 5.41) is 3.08. The first kappa shape index (κ1) is 16.9. The molecular weight excluding hydrogens is 304 g/mol. The fourth-order valence-corrected chi connectivity index (χ4v) is 5.90. The predicted octanol–water partition coefficient (Wildman–Crippen LogP) is 3.02. The van der Waals surface area contributed by atoms with Crippen LogP contribution in [0.4, 0.5) is 0 Å². The third-order valence-corrected chi connectivity index (χ3v) is 7.51. The van der Waals surface area contributed by atoms with E-state index in [0.717, 1.165) is 36.1 Å². The highest BCUT2D eigenvalue weighted by Crippen LogP contribution is 2.30. The number of nitrogens with one attached hydrogen (secondary N) is 2. The van der Waals surface area contributed by atoms with E-state index in [1.54, 1.807) is 6.07 Å². The van der Waals surface area contributed by atoms with Gasteiger partial charge in [0, 0.05) is 17.5 Å². The lowest BCUT2D eigenvalue weighted by Gasteiger charge is -2.28. The lowest BCUT2D eigenvalue weighted by Crippen LogP contribution is -2.38. The minimum atomic E-state index is -3.37. The minimum absolute atomic E-state index is 0.101. The van der Waals surface area contributed by atoms with E-state index < -0.39 is 10.0 Å².